The number of rotatable bonds is 6. The van der Waals surface area contributed by atoms with Gasteiger partial charge in [0.15, 0.2) is 0 Å². The van der Waals surface area contributed by atoms with E-state index in [0.717, 1.165) is 27.1 Å². The van der Waals surface area contributed by atoms with Crippen molar-refractivity contribution in [3.63, 3.8) is 0 Å². The summed E-state index contributed by atoms with van der Waals surface area (Å²) in [4.78, 5) is 26.8. The molecule has 2 amide bonds. The van der Waals surface area contributed by atoms with E-state index in [-0.39, 0.29) is 23.6 Å². The molecule has 0 fully saturated rings. The Labute approximate surface area is 181 Å². The van der Waals surface area contributed by atoms with E-state index in [0.29, 0.717) is 5.56 Å². The number of carbonyl (C=O) groups is 2. The summed E-state index contributed by atoms with van der Waals surface area (Å²) in [5, 5.41) is 7.78. The van der Waals surface area contributed by atoms with Gasteiger partial charge in [-0.05, 0) is 68.0 Å². The molecule has 0 saturated heterocycles. The Bertz CT molecular complexity index is 1080. The Morgan fingerprint density at radius 2 is 1.73 bits per heavy atom. The Morgan fingerprint density at radius 1 is 0.967 bits per heavy atom. The van der Waals surface area contributed by atoms with Crippen LogP contribution in [0, 0.1) is 20.8 Å². The third-order valence-corrected chi connectivity index (χ3v) is 5.78. The second-order valence-electron chi connectivity index (χ2n) is 7.40. The van der Waals surface area contributed by atoms with Crippen LogP contribution in [0.4, 0.5) is 0 Å². The number of amides is 2. The van der Waals surface area contributed by atoms with E-state index >= 15 is 0 Å². The summed E-state index contributed by atoms with van der Waals surface area (Å²) in [6.45, 7) is 7.88. The van der Waals surface area contributed by atoms with Crippen molar-refractivity contribution in [1.29, 1.82) is 0 Å². The fourth-order valence-electron chi connectivity index (χ4n) is 3.27. The molecule has 0 saturated carbocycles. The first-order valence-electron chi connectivity index (χ1n) is 9.85. The first-order valence-corrected chi connectivity index (χ1v) is 10.7. The maximum atomic E-state index is 13.1. The number of carbonyl (C=O) groups excluding carboxylic acids is 2. The fraction of sp³-hybridized carbons (Fsp3) is 0.200. The normalized spacial score (nSPS) is 12.3. The van der Waals surface area contributed by atoms with Gasteiger partial charge in [0, 0.05) is 10.4 Å². The zero-order chi connectivity index (χ0) is 21.7. The van der Waals surface area contributed by atoms with Crippen LogP contribution in [-0.4, -0.2) is 11.8 Å². The summed E-state index contributed by atoms with van der Waals surface area (Å²) in [6, 6.07) is 17.1. The van der Waals surface area contributed by atoms with Gasteiger partial charge in [-0.3, -0.25) is 9.59 Å². The lowest BCUT2D eigenvalue weighted by Gasteiger charge is -2.19. The van der Waals surface area contributed by atoms with Gasteiger partial charge in [-0.1, -0.05) is 48.0 Å². The van der Waals surface area contributed by atoms with Crippen LogP contribution in [0.25, 0.3) is 6.08 Å². The maximum absolute atomic E-state index is 13.1. The molecule has 154 valence electrons. The molecule has 0 unspecified atom stereocenters. The van der Waals surface area contributed by atoms with Crippen molar-refractivity contribution in [1.82, 2.24) is 10.6 Å². The fourth-order valence-corrected chi connectivity index (χ4v) is 3.93. The average molecular weight is 419 g/mol. The SMILES string of the molecule is Cc1ccc(C)c([C@@H](C)NC(=O)/C(=C/c2cccs2)NC(=O)c2ccccc2C)c1. The van der Waals surface area contributed by atoms with Gasteiger partial charge in [0.25, 0.3) is 11.8 Å². The summed E-state index contributed by atoms with van der Waals surface area (Å²) in [6.07, 6.45) is 1.71. The van der Waals surface area contributed by atoms with Crippen molar-refractivity contribution in [2.75, 3.05) is 0 Å². The molecule has 0 radical (unpaired) electrons. The van der Waals surface area contributed by atoms with Crippen LogP contribution < -0.4 is 10.6 Å². The molecule has 30 heavy (non-hydrogen) atoms. The molecule has 4 nitrogen and oxygen atoms in total. The van der Waals surface area contributed by atoms with Gasteiger partial charge in [-0.2, -0.15) is 0 Å². The lowest BCUT2D eigenvalue weighted by atomic mass is 10.00. The number of hydrogen-bond donors (Lipinski definition) is 2. The average Bonchev–Trinajstić information content (AvgIpc) is 3.22. The predicted molar refractivity (Wildman–Crippen MR) is 123 cm³/mol. The van der Waals surface area contributed by atoms with E-state index in [1.807, 2.05) is 63.4 Å². The first kappa shape index (κ1) is 21.5. The van der Waals surface area contributed by atoms with Gasteiger partial charge in [-0.25, -0.2) is 0 Å². The Balaban J connectivity index is 1.85. The molecule has 0 bridgehead atoms. The molecule has 3 aromatic rings. The van der Waals surface area contributed by atoms with Crippen molar-refractivity contribution < 1.29 is 9.59 Å². The highest BCUT2D eigenvalue weighted by Crippen LogP contribution is 2.20. The molecule has 2 N–H and O–H groups in total. The third kappa shape index (κ3) is 5.24. The topological polar surface area (TPSA) is 58.2 Å². The van der Waals surface area contributed by atoms with Crippen molar-refractivity contribution in [3.8, 4) is 0 Å². The molecule has 3 rings (SSSR count). The molecule has 1 atom stereocenters. The first-order chi connectivity index (χ1) is 14.3. The van der Waals surface area contributed by atoms with Crippen LogP contribution in [-0.2, 0) is 4.79 Å². The van der Waals surface area contributed by atoms with Crippen molar-refractivity contribution in [2.24, 2.45) is 0 Å². The minimum absolute atomic E-state index is 0.195. The highest BCUT2D eigenvalue weighted by Gasteiger charge is 2.19. The monoisotopic (exact) mass is 418 g/mol. The summed E-state index contributed by atoms with van der Waals surface area (Å²) in [5.41, 5.74) is 4.94. The van der Waals surface area contributed by atoms with Gasteiger partial charge < -0.3 is 10.6 Å². The minimum Gasteiger partial charge on any atom is -0.344 e. The van der Waals surface area contributed by atoms with E-state index < -0.39 is 0 Å². The van der Waals surface area contributed by atoms with Crippen molar-refractivity contribution in [3.05, 3.63) is 98.4 Å². The maximum Gasteiger partial charge on any atom is 0.268 e. The smallest absolute Gasteiger partial charge is 0.268 e. The number of benzene rings is 2. The second kappa shape index (κ2) is 9.55. The van der Waals surface area contributed by atoms with Gasteiger partial charge in [0.1, 0.15) is 5.70 Å². The van der Waals surface area contributed by atoms with E-state index in [1.165, 1.54) is 11.3 Å². The van der Waals surface area contributed by atoms with Crippen LogP contribution >= 0.6 is 11.3 Å². The quantitative estimate of drug-likeness (QED) is 0.532. The van der Waals surface area contributed by atoms with Gasteiger partial charge in [0.05, 0.1) is 6.04 Å². The third-order valence-electron chi connectivity index (χ3n) is 4.96. The molecule has 0 aliphatic carbocycles. The van der Waals surface area contributed by atoms with Crippen LogP contribution in [0.3, 0.4) is 0 Å². The Kier molecular flexibility index (Phi) is 6.85. The van der Waals surface area contributed by atoms with Gasteiger partial charge in [-0.15, -0.1) is 11.3 Å². The molecular weight excluding hydrogens is 392 g/mol. The van der Waals surface area contributed by atoms with Crippen LogP contribution in [0.2, 0.25) is 0 Å². The molecular formula is C25H26N2O2S. The number of thiophene rings is 1. The molecule has 0 aliphatic heterocycles. The summed E-state index contributed by atoms with van der Waals surface area (Å²) >= 11 is 1.51. The molecule has 5 heteroatoms. The zero-order valence-electron chi connectivity index (χ0n) is 17.7. The van der Waals surface area contributed by atoms with Crippen LogP contribution in [0.1, 0.15) is 50.5 Å². The Hall–Kier alpha value is -3.18. The largest absolute Gasteiger partial charge is 0.344 e. The zero-order valence-corrected chi connectivity index (χ0v) is 18.5. The van der Waals surface area contributed by atoms with Gasteiger partial charge >= 0.3 is 0 Å². The lowest BCUT2D eigenvalue weighted by Crippen LogP contribution is -2.36. The summed E-state index contributed by atoms with van der Waals surface area (Å²) < 4.78 is 0. The standard InChI is InChI=1S/C25H26N2O2S/c1-16-11-12-18(3)22(14-16)19(4)26-25(29)23(15-20-9-7-13-30-20)27-24(28)21-10-6-5-8-17(21)2/h5-15,19H,1-4H3,(H,26,29)(H,27,28)/b23-15-/t19-/m1/s1. The van der Waals surface area contributed by atoms with Crippen LogP contribution in [0.5, 0.6) is 0 Å². The lowest BCUT2D eigenvalue weighted by molar-refractivity contribution is -0.118. The highest BCUT2D eigenvalue weighted by atomic mass is 32.1. The van der Waals surface area contributed by atoms with Crippen molar-refractivity contribution in [2.45, 2.75) is 33.7 Å². The van der Waals surface area contributed by atoms with Crippen molar-refractivity contribution >= 4 is 29.2 Å². The van der Waals surface area contributed by atoms with E-state index in [1.54, 1.807) is 12.1 Å². The van der Waals surface area contributed by atoms with Crippen LogP contribution in [0.15, 0.2) is 65.7 Å². The van der Waals surface area contributed by atoms with Gasteiger partial charge in [0.2, 0.25) is 0 Å². The van der Waals surface area contributed by atoms with E-state index in [4.69, 9.17) is 0 Å². The highest BCUT2D eigenvalue weighted by molar-refractivity contribution is 7.10. The number of nitrogens with one attached hydrogen (secondary N) is 2. The molecule has 0 spiro atoms. The summed E-state index contributed by atoms with van der Waals surface area (Å²) in [7, 11) is 0. The molecule has 0 aliphatic rings. The number of hydrogen-bond acceptors (Lipinski definition) is 3. The molecule has 1 heterocycles. The predicted octanol–water partition coefficient (Wildman–Crippen LogP) is 5.32. The second-order valence-corrected chi connectivity index (χ2v) is 8.38. The van der Waals surface area contributed by atoms with E-state index in [2.05, 4.69) is 28.8 Å². The van der Waals surface area contributed by atoms with E-state index in [9.17, 15) is 9.59 Å². The molecule has 2 aromatic carbocycles. The number of aryl methyl sites for hydroxylation is 3. The minimum atomic E-state index is -0.321. The molecule has 1 aromatic heterocycles. The Morgan fingerprint density at radius 3 is 2.43 bits per heavy atom. The summed E-state index contributed by atoms with van der Waals surface area (Å²) in [5.74, 6) is -0.621.